The van der Waals surface area contributed by atoms with Gasteiger partial charge in [-0.15, -0.1) is 0 Å². The maximum atomic E-state index is 10.6. The molecule has 1 heterocycles. The van der Waals surface area contributed by atoms with E-state index in [-0.39, 0.29) is 0 Å². The van der Waals surface area contributed by atoms with Crippen molar-refractivity contribution >= 4 is 0 Å². The van der Waals surface area contributed by atoms with Crippen LogP contribution in [0.1, 0.15) is 50.7 Å². The highest BCUT2D eigenvalue weighted by Gasteiger charge is 2.26. The van der Waals surface area contributed by atoms with Crippen LogP contribution < -0.4 is 5.32 Å². The van der Waals surface area contributed by atoms with Crippen LogP contribution in [0, 0.1) is 0 Å². The summed E-state index contributed by atoms with van der Waals surface area (Å²) in [4.78, 5) is 0. The van der Waals surface area contributed by atoms with E-state index in [4.69, 9.17) is 0 Å². The van der Waals surface area contributed by atoms with Crippen molar-refractivity contribution in [2.24, 2.45) is 0 Å². The Kier molecular flexibility index (Phi) is 5.00. The highest BCUT2D eigenvalue weighted by atomic mass is 16.3. The SMILES string of the molecule is CCc1ccc(CC(C)(O)CC2CCCCN2)cc1. The fourth-order valence-corrected chi connectivity index (χ4v) is 3.03. The predicted molar refractivity (Wildman–Crippen MR) is 80.4 cm³/mol. The van der Waals surface area contributed by atoms with Crippen LogP contribution in [0.5, 0.6) is 0 Å². The maximum Gasteiger partial charge on any atom is 0.0674 e. The van der Waals surface area contributed by atoms with Gasteiger partial charge in [-0.25, -0.2) is 0 Å². The summed E-state index contributed by atoms with van der Waals surface area (Å²) in [5.74, 6) is 0. The van der Waals surface area contributed by atoms with Crippen molar-refractivity contribution in [1.29, 1.82) is 0 Å². The molecule has 1 fully saturated rings. The first kappa shape index (κ1) is 14.5. The lowest BCUT2D eigenvalue weighted by atomic mass is 9.87. The standard InChI is InChI=1S/C17H27NO/c1-3-14-7-9-15(10-8-14)12-17(2,19)13-16-6-4-5-11-18-16/h7-10,16,18-19H,3-6,11-13H2,1-2H3. The van der Waals surface area contributed by atoms with Gasteiger partial charge in [0.2, 0.25) is 0 Å². The third kappa shape index (κ3) is 4.63. The number of hydrogen-bond acceptors (Lipinski definition) is 2. The van der Waals surface area contributed by atoms with E-state index in [2.05, 4.69) is 36.5 Å². The zero-order chi connectivity index (χ0) is 13.7. The lowest BCUT2D eigenvalue weighted by Gasteiger charge is -2.31. The summed E-state index contributed by atoms with van der Waals surface area (Å²) in [7, 11) is 0. The predicted octanol–water partition coefficient (Wildman–Crippen LogP) is 3.07. The lowest BCUT2D eigenvalue weighted by molar-refractivity contribution is 0.0371. The van der Waals surface area contributed by atoms with Crippen molar-refractivity contribution in [2.75, 3.05) is 6.54 Å². The van der Waals surface area contributed by atoms with E-state index in [0.717, 1.165) is 25.8 Å². The van der Waals surface area contributed by atoms with E-state index >= 15 is 0 Å². The Balaban J connectivity index is 1.91. The minimum absolute atomic E-state index is 0.485. The molecule has 2 heteroatoms. The third-order valence-electron chi connectivity index (χ3n) is 4.11. The topological polar surface area (TPSA) is 32.3 Å². The van der Waals surface area contributed by atoms with Gasteiger partial charge >= 0.3 is 0 Å². The summed E-state index contributed by atoms with van der Waals surface area (Å²) in [6.07, 6.45) is 6.43. The highest BCUT2D eigenvalue weighted by Crippen LogP contribution is 2.22. The molecule has 0 radical (unpaired) electrons. The molecule has 0 bridgehead atoms. The second kappa shape index (κ2) is 6.53. The molecular weight excluding hydrogens is 234 g/mol. The lowest BCUT2D eigenvalue weighted by Crippen LogP contribution is -2.41. The van der Waals surface area contributed by atoms with Gasteiger partial charge in [0.1, 0.15) is 0 Å². The van der Waals surface area contributed by atoms with Crippen molar-refractivity contribution in [3.05, 3.63) is 35.4 Å². The highest BCUT2D eigenvalue weighted by molar-refractivity contribution is 5.23. The molecule has 1 aromatic rings. The molecule has 2 atom stereocenters. The Morgan fingerprint density at radius 2 is 1.89 bits per heavy atom. The molecule has 0 spiro atoms. The summed E-state index contributed by atoms with van der Waals surface area (Å²) in [5.41, 5.74) is 1.98. The van der Waals surface area contributed by atoms with Crippen LogP contribution in [-0.2, 0) is 12.8 Å². The first-order chi connectivity index (χ1) is 9.09. The zero-order valence-electron chi connectivity index (χ0n) is 12.3. The summed E-state index contributed by atoms with van der Waals surface area (Å²) in [6.45, 7) is 5.24. The normalized spacial score (nSPS) is 23.0. The van der Waals surface area contributed by atoms with Crippen molar-refractivity contribution in [3.8, 4) is 0 Å². The molecule has 1 aromatic carbocycles. The second-order valence-corrected chi connectivity index (χ2v) is 6.19. The number of piperidine rings is 1. The van der Waals surface area contributed by atoms with Crippen molar-refractivity contribution < 1.29 is 5.11 Å². The fourth-order valence-electron chi connectivity index (χ4n) is 3.03. The van der Waals surface area contributed by atoms with Crippen LogP contribution >= 0.6 is 0 Å². The van der Waals surface area contributed by atoms with Crippen molar-refractivity contribution in [1.82, 2.24) is 5.32 Å². The quantitative estimate of drug-likeness (QED) is 0.854. The minimum atomic E-state index is -0.608. The van der Waals surface area contributed by atoms with E-state index in [9.17, 15) is 5.11 Å². The molecule has 0 aromatic heterocycles. The smallest absolute Gasteiger partial charge is 0.0674 e. The van der Waals surface area contributed by atoms with Gasteiger partial charge in [-0.3, -0.25) is 0 Å². The second-order valence-electron chi connectivity index (χ2n) is 6.19. The van der Waals surface area contributed by atoms with Gasteiger partial charge in [0.05, 0.1) is 5.60 Å². The van der Waals surface area contributed by atoms with Crippen molar-refractivity contribution in [2.45, 2.75) is 64.0 Å². The number of benzene rings is 1. The van der Waals surface area contributed by atoms with Crippen LogP contribution in [-0.4, -0.2) is 23.3 Å². The number of aliphatic hydroxyl groups is 1. The van der Waals surface area contributed by atoms with Gasteiger partial charge in [0, 0.05) is 12.5 Å². The van der Waals surface area contributed by atoms with E-state index < -0.39 is 5.60 Å². The first-order valence-corrected chi connectivity index (χ1v) is 7.63. The largest absolute Gasteiger partial charge is 0.390 e. The Hall–Kier alpha value is -0.860. The summed E-state index contributed by atoms with van der Waals surface area (Å²) in [6, 6.07) is 9.14. The van der Waals surface area contributed by atoms with Gasteiger partial charge in [-0.1, -0.05) is 37.6 Å². The van der Waals surface area contributed by atoms with Crippen LogP contribution in [0.25, 0.3) is 0 Å². The Bertz CT molecular complexity index is 377. The van der Waals surface area contributed by atoms with Crippen LogP contribution in [0.2, 0.25) is 0 Å². The maximum absolute atomic E-state index is 10.6. The fraction of sp³-hybridized carbons (Fsp3) is 0.647. The molecule has 2 nitrogen and oxygen atoms in total. The monoisotopic (exact) mass is 261 g/mol. The van der Waals surface area contributed by atoms with E-state index in [0.29, 0.717) is 6.04 Å². The molecule has 2 rings (SSSR count). The van der Waals surface area contributed by atoms with E-state index in [1.807, 2.05) is 6.92 Å². The summed E-state index contributed by atoms with van der Waals surface area (Å²) >= 11 is 0. The first-order valence-electron chi connectivity index (χ1n) is 7.63. The molecule has 1 saturated heterocycles. The van der Waals surface area contributed by atoms with Gasteiger partial charge in [0.15, 0.2) is 0 Å². The van der Waals surface area contributed by atoms with Gasteiger partial charge in [-0.2, -0.15) is 0 Å². The average molecular weight is 261 g/mol. The zero-order valence-corrected chi connectivity index (χ0v) is 12.3. The molecular formula is C17H27NO. The molecule has 106 valence electrons. The van der Waals surface area contributed by atoms with Crippen molar-refractivity contribution in [3.63, 3.8) is 0 Å². The van der Waals surface area contributed by atoms with Gasteiger partial charge in [0.25, 0.3) is 0 Å². The van der Waals surface area contributed by atoms with Gasteiger partial charge < -0.3 is 10.4 Å². The Morgan fingerprint density at radius 1 is 1.21 bits per heavy atom. The number of aryl methyl sites for hydroxylation is 1. The van der Waals surface area contributed by atoms with Crippen LogP contribution in [0.3, 0.4) is 0 Å². The van der Waals surface area contributed by atoms with Gasteiger partial charge in [-0.05, 0) is 50.3 Å². The molecule has 0 aliphatic carbocycles. The Labute approximate surface area is 117 Å². The molecule has 0 saturated carbocycles. The summed E-state index contributed by atoms with van der Waals surface area (Å²) in [5, 5.41) is 14.1. The molecule has 2 N–H and O–H groups in total. The summed E-state index contributed by atoms with van der Waals surface area (Å²) < 4.78 is 0. The average Bonchev–Trinajstić information content (AvgIpc) is 2.39. The molecule has 19 heavy (non-hydrogen) atoms. The molecule has 2 unspecified atom stereocenters. The Morgan fingerprint density at radius 3 is 2.47 bits per heavy atom. The third-order valence-corrected chi connectivity index (χ3v) is 4.11. The minimum Gasteiger partial charge on any atom is -0.390 e. The number of hydrogen-bond donors (Lipinski definition) is 2. The van der Waals surface area contributed by atoms with E-state index in [1.54, 1.807) is 0 Å². The molecule has 1 aliphatic heterocycles. The van der Waals surface area contributed by atoms with Crippen LogP contribution in [0.15, 0.2) is 24.3 Å². The molecule has 0 amide bonds. The van der Waals surface area contributed by atoms with E-state index in [1.165, 1.54) is 30.4 Å². The van der Waals surface area contributed by atoms with Crippen LogP contribution in [0.4, 0.5) is 0 Å². The number of rotatable bonds is 5. The number of nitrogens with one attached hydrogen (secondary N) is 1. The molecule has 1 aliphatic rings.